The number of piperazine rings is 1. The quantitative estimate of drug-likeness (QED) is 0.839. The molecule has 1 aliphatic rings. The molecule has 1 N–H and O–H groups in total. The first-order chi connectivity index (χ1) is 13.6. The molecule has 0 saturated carbocycles. The van der Waals surface area contributed by atoms with E-state index in [1.165, 1.54) is 0 Å². The molecular formula is C21H22ClN3O3. The van der Waals surface area contributed by atoms with E-state index in [-0.39, 0.29) is 30.7 Å². The Morgan fingerprint density at radius 3 is 2.14 bits per heavy atom. The predicted octanol–water partition coefficient (Wildman–Crippen LogP) is 2.44. The van der Waals surface area contributed by atoms with Gasteiger partial charge >= 0.3 is 0 Å². The minimum Gasteiger partial charge on any atom is -0.351 e. The summed E-state index contributed by atoms with van der Waals surface area (Å²) in [6, 6.07) is 15.9. The molecule has 28 heavy (non-hydrogen) atoms. The Hall–Kier alpha value is -2.86. The summed E-state index contributed by atoms with van der Waals surface area (Å²) in [4.78, 5) is 40.4. The maximum atomic E-state index is 12.4. The first-order valence-corrected chi connectivity index (χ1v) is 9.59. The SMILES string of the molecule is O=C(NCCC(=O)N1CCN(C(=O)c2ccccc2)CC1)c1ccccc1Cl. The molecule has 0 unspecified atom stereocenters. The van der Waals surface area contributed by atoms with Gasteiger partial charge in [0.1, 0.15) is 0 Å². The van der Waals surface area contributed by atoms with Crippen molar-refractivity contribution in [3.05, 3.63) is 70.7 Å². The summed E-state index contributed by atoms with van der Waals surface area (Å²) in [6.07, 6.45) is 0.211. The summed E-state index contributed by atoms with van der Waals surface area (Å²) in [5.74, 6) is -0.345. The second-order valence-electron chi connectivity index (χ2n) is 6.52. The minimum absolute atomic E-state index is 0.0142. The molecule has 0 bridgehead atoms. The summed E-state index contributed by atoms with van der Waals surface area (Å²) in [7, 11) is 0. The Balaban J connectivity index is 1.42. The number of halogens is 1. The molecule has 0 spiro atoms. The van der Waals surface area contributed by atoms with E-state index in [1.807, 2.05) is 18.2 Å². The normalized spacial score (nSPS) is 13.9. The van der Waals surface area contributed by atoms with Crippen LogP contribution in [0.4, 0.5) is 0 Å². The molecule has 0 aromatic heterocycles. The van der Waals surface area contributed by atoms with Gasteiger partial charge in [-0.25, -0.2) is 0 Å². The van der Waals surface area contributed by atoms with E-state index < -0.39 is 0 Å². The molecule has 3 rings (SSSR count). The van der Waals surface area contributed by atoms with Crippen molar-refractivity contribution in [2.75, 3.05) is 32.7 Å². The van der Waals surface area contributed by atoms with Gasteiger partial charge in [0.15, 0.2) is 0 Å². The predicted molar refractivity (Wildman–Crippen MR) is 107 cm³/mol. The zero-order valence-electron chi connectivity index (χ0n) is 15.4. The number of carbonyl (C=O) groups excluding carboxylic acids is 3. The number of nitrogens with one attached hydrogen (secondary N) is 1. The molecule has 1 fully saturated rings. The van der Waals surface area contributed by atoms with Crippen molar-refractivity contribution in [3.63, 3.8) is 0 Å². The van der Waals surface area contributed by atoms with Crippen molar-refractivity contribution in [2.24, 2.45) is 0 Å². The highest BCUT2D eigenvalue weighted by Crippen LogP contribution is 2.14. The van der Waals surface area contributed by atoms with E-state index in [2.05, 4.69) is 5.32 Å². The van der Waals surface area contributed by atoms with Gasteiger partial charge in [0, 0.05) is 44.7 Å². The molecule has 0 aliphatic carbocycles. The first-order valence-electron chi connectivity index (χ1n) is 9.21. The Bertz CT molecular complexity index is 849. The van der Waals surface area contributed by atoms with E-state index in [0.29, 0.717) is 42.3 Å². The second-order valence-corrected chi connectivity index (χ2v) is 6.93. The van der Waals surface area contributed by atoms with Gasteiger partial charge in [-0.1, -0.05) is 41.9 Å². The standard InChI is InChI=1S/C21H22ClN3O3/c22-18-9-5-4-8-17(18)20(27)23-11-10-19(26)24-12-14-25(15-13-24)21(28)16-6-2-1-3-7-16/h1-9H,10-15H2,(H,23,27). The molecule has 1 saturated heterocycles. The lowest BCUT2D eigenvalue weighted by Crippen LogP contribution is -2.51. The summed E-state index contributed by atoms with van der Waals surface area (Å²) < 4.78 is 0. The van der Waals surface area contributed by atoms with Gasteiger partial charge < -0.3 is 15.1 Å². The summed E-state index contributed by atoms with van der Waals surface area (Å²) >= 11 is 6.00. The van der Waals surface area contributed by atoms with Crippen molar-refractivity contribution < 1.29 is 14.4 Å². The van der Waals surface area contributed by atoms with Crippen LogP contribution >= 0.6 is 11.6 Å². The fraction of sp³-hybridized carbons (Fsp3) is 0.286. The van der Waals surface area contributed by atoms with E-state index in [4.69, 9.17) is 11.6 Å². The average Bonchev–Trinajstić information content (AvgIpc) is 2.74. The van der Waals surface area contributed by atoms with Crippen molar-refractivity contribution >= 4 is 29.3 Å². The van der Waals surface area contributed by atoms with Crippen LogP contribution in [0, 0.1) is 0 Å². The second kappa shape index (κ2) is 9.37. The highest BCUT2D eigenvalue weighted by molar-refractivity contribution is 6.33. The van der Waals surface area contributed by atoms with Crippen LogP contribution < -0.4 is 5.32 Å². The molecule has 0 radical (unpaired) electrons. The Kier molecular flexibility index (Phi) is 6.66. The molecule has 1 aliphatic heterocycles. The molecular weight excluding hydrogens is 378 g/mol. The van der Waals surface area contributed by atoms with Crippen LogP contribution in [-0.4, -0.2) is 60.2 Å². The summed E-state index contributed by atoms with van der Waals surface area (Å²) in [6.45, 7) is 2.24. The molecule has 146 valence electrons. The number of hydrogen-bond donors (Lipinski definition) is 1. The number of nitrogens with zero attached hydrogens (tertiary/aromatic N) is 2. The summed E-state index contributed by atoms with van der Waals surface area (Å²) in [5, 5.41) is 3.10. The van der Waals surface area contributed by atoms with Gasteiger partial charge in [-0.2, -0.15) is 0 Å². The number of hydrogen-bond acceptors (Lipinski definition) is 3. The van der Waals surface area contributed by atoms with Crippen LogP contribution in [0.3, 0.4) is 0 Å². The first kappa shape index (κ1) is 19.9. The minimum atomic E-state index is -0.295. The highest BCUT2D eigenvalue weighted by Gasteiger charge is 2.24. The number of carbonyl (C=O) groups is 3. The zero-order chi connectivity index (χ0) is 19.9. The van der Waals surface area contributed by atoms with Crippen molar-refractivity contribution in [1.82, 2.24) is 15.1 Å². The lowest BCUT2D eigenvalue weighted by molar-refractivity contribution is -0.132. The van der Waals surface area contributed by atoms with Crippen LogP contribution in [0.25, 0.3) is 0 Å². The lowest BCUT2D eigenvalue weighted by Gasteiger charge is -2.35. The molecule has 2 aromatic rings. The van der Waals surface area contributed by atoms with Crippen LogP contribution in [0.15, 0.2) is 54.6 Å². The maximum Gasteiger partial charge on any atom is 0.253 e. The molecule has 7 heteroatoms. The number of rotatable bonds is 5. The Morgan fingerprint density at radius 2 is 1.46 bits per heavy atom. The molecule has 2 aromatic carbocycles. The van der Waals surface area contributed by atoms with E-state index in [1.54, 1.807) is 46.2 Å². The summed E-state index contributed by atoms with van der Waals surface area (Å²) in [5.41, 5.74) is 1.05. The van der Waals surface area contributed by atoms with Crippen molar-refractivity contribution in [1.29, 1.82) is 0 Å². The third kappa shape index (κ3) is 4.89. The zero-order valence-corrected chi connectivity index (χ0v) is 16.2. The van der Waals surface area contributed by atoms with Gasteiger partial charge in [-0.3, -0.25) is 14.4 Å². The van der Waals surface area contributed by atoms with E-state index >= 15 is 0 Å². The molecule has 1 heterocycles. The molecule has 0 atom stereocenters. The Labute approximate surface area is 169 Å². The smallest absolute Gasteiger partial charge is 0.253 e. The molecule has 6 nitrogen and oxygen atoms in total. The average molecular weight is 400 g/mol. The number of amides is 3. The maximum absolute atomic E-state index is 12.4. The monoisotopic (exact) mass is 399 g/mol. The topological polar surface area (TPSA) is 69.7 Å². The molecule has 3 amide bonds. The van der Waals surface area contributed by atoms with Crippen molar-refractivity contribution in [2.45, 2.75) is 6.42 Å². The number of benzene rings is 2. The highest BCUT2D eigenvalue weighted by atomic mass is 35.5. The van der Waals surface area contributed by atoms with Crippen molar-refractivity contribution in [3.8, 4) is 0 Å². The Morgan fingerprint density at radius 1 is 0.857 bits per heavy atom. The van der Waals surface area contributed by atoms with Gasteiger partial charge in [-0.15, -0.1) is 0 Å². The fourth-order valence-corrected chi connectivity index (χ4v) is 3.33. The third-order valence-corrected chi connectivity index (χ3v) is 5.01. The third-order valence-electron chi connectivity index (χ3n) is 4.68. The van der Waals surface area contributed by atoms with Crippen LogP contribution in [0.5, 0.6) is 0 Å². The van der Waals surface area contributed by atoms with Gasteiger partial charge in [0.05, 0.1) is 10.6 Å². The van der Waals surface area contributed by atoms with Crippen LogP contribution in [0.2, 0.25) is 5.02 Å². The van der Waals surface area contributed by atoms with E-state index in [0.717, 1.165) is 0 Å². The van der Waals surface area contributed by atoms with Crippen LogP contribution in [0.1, 0.15) is 27.1 Å². The fourth-order valence-electron chi connectivity index (χ4n) is 3.10. The van der Waals surface area contributed by atoms with E-state index in [9.17, 15) is 14.4 Å². The lowest BCUT2D eigenvalue weighted by atomic mass is 10.2. The largest absolute Gasteiger partial charge is 0.351 e. The van der Waals surface area contributed by atoms with Crippen LogP contribution in [-0.2, 0) is 4.79 Å². The van der Waals surface area contributed by atoms with Gasteiger partial charge in [0.2, 0.25) is 5.91 Å². The van der Waals surface area contributed by atoms with Gasteiger partial charge in [0.25, 0.3) is 11.8 Å². The van der Waals surface area contributed by atoms with Gasteiger partial charge in [-0.05, 0) is 24.3 Å².